The fraction of sp³-hybridized carbons (Fsp3) is 1.00. The zero-order valence-corrected chi connectivity index (χ0v) is 8.16. The summed E-state index contributed by atoms with van der Waals surface area (Å²) in [6, 6.07) is 0. The minimum absolute atomic E-state index is 0.380. The van der Waals surface area contributed by atoms with E-state index in [-0.39, 0.29) is 6.61 Å². The molecule has 0 aromatic heterocycles. The highest BCUT2D eigenvalue weighted by atomic mass is 16.7. The molecule has 84 valence electrons. The second-order valence-electron chi connectivity index (χ2n) is 3.14. The van der Waals surface area contributed by atoms with Crippen molar-refractivity contribution in [1.82, 2.24) is 0 Å². The first kappa shape index (κ1) is 11.8. The number of rotatable bonds is 3. The van der Waals surface area contributed by atoms with Crippen LogP contribution in [0.5, 0.6) is 0 Å². The predicted molar refractivity (Wildman–Crippen MR) is 45.6 cm³/mol. The van der Waals surface area contributed by atoms with Gasteiger partial charge in [0.25, 0.3) is 0 Å². The molecule has 0 aromatic carbocycles. The van der Waals surface area contributed by atoms with E-state index in [1.807, 2.05) is 0 Å². The van der Waals surface area contributed by atoms with Crippen LogP contribution in [0, 0.1) is 0 Å². The van der Waals surface area contributed by atoms with Crippen LogP contribution in [0.15, 0.2) is 0 Å². The number of hydrogen-bond donors (Lipinski definition) is 3. The summed E-state index contributed by atoms with van der Waals surface area (Å²) in [4.78, 5) is 0. The highest BCUT2D eigenvalue weighted by Gasteiger charge is 2.44. The van der Waals surface area contributed by atoms with Crippen LogP contribution in [0.25, 0.3) is 0 Å². The number of hydrogen-bond acceptors (Lipinski definition) is 6. The molecular formula is C8H16O6. The molecule has 3 N–H and O–H groups in total. The van der Waals surface area contributed by atoms with Crippen molar-refractivity contribution in [2.45, 2.75) is 30.7 Å². The topological polar surface area (TPSA) is 88.4 Å². The van der Waals surface area contributed by atoms with Gasteiger partial charge in [0.2, 0.25) is 0 Å². The van der Waals surface area contributed by atoms with Crippen LogP contribution in [-0.4, -0.2) is 66.9 Å². The van der Waals surface area contributed by atoms with Crippen molar-refractivity contribution in [3.63, 3.8) is 0 Å². The molecule has 0 radical (unpaired) electrons. The Morgan fingerprint density at radius 3 is 2.21 bits per heavy atom. The van der Waals surface area contributed by atoms with Gasteiger partial charge in [-0.2, -0.15) is 0 Å². The molecule has 1 fully saturated rings. The van der Waals surface area contributed by atoms with Gasteiger partial charge in [0.05, 0.1) is 6.61 Å². The van der Waals surface area contributed by atoms with Crippen LogP contribution in [0.4, 0.5) is 0 Å². The van der Waals surface area contributed by atoms with Crippen molar-refractivity contribution < 1.29 is 29.5 Å². The summed E-state index contributed by atoms with van der Waals surface area (Å²) < 4.78 is 15.0. The molecule has 14 heavy (non-hydrogen) atoms. The fourth-order valence-corrected chi connectivity index (χ4v) is 1.50. The molecule has 5 atom stereocenters. The van der Waals surface area contributed by atoms with Gasteiger partial charge in [-0.25, -0.2) is 0 Å². The summed E-state index contributed by atoms with van der Waals surface area (Å²) in [7, 11) is 2.78. The molecular weight excluding hydrogens is 192 g/mol. The lowest BCUT2D eigenvalue weighted by Crippen LogP contribution is -2.59. The van der Waals surface area contributed by atoms with Crippen LogP contribution in [0.3, 0.4) is 0 Å². The smallest absolute Gasteiger partial charge is 0.186 e. The van der Waals surface area contributed by atoms with E-state index in [0.717, 1.165) is 0 Å². The molecule has 0 aromatic rings. The Morgan fingerprint density at radius 2 is 1.79 bits per heavy atom. The minimum atomic E-state index is -1.17. The summed E-state index contributed by atoms with van der Waals surface area (Å²) in [5, 5.41) is 27.9. The molecule has 1 aliphatic rings. The zero-order chi connectivity index (χ0) is 10.7. The molecule has 6 heteroatoms. The Kier molecular flexibility index (Phi) is 4.24. The highest BCUT2D eigenvalue weighted by molar-refractivity contribution is 4.89. The van der Waals surface area contributed by atoms with Gasteiger partial charge in [0, 0.05) is 14.2 Å². The Hall–Kier alpha value is -0.240. The third kappa shape index (κ3) is 2.05. The van der Waals surface area contributed by atoms with Crippen LogP contribution >= 0.6 is 0 Å². The second kappa shape index (κ2) is 5.01. The number of ether oxygens (including phenoxy) is 3. The fourth-order valence-electron chi connectivity index (χ4n) is 1.50. The first-order chi connectivity index (χ1) is 6.65. The van der Waals surface area contributed by atoms with Crippen molar-refractivity contribution in [3.8, 4) is 0 Å². The molecule has 1 aliphatic heterocycles. The van der Waals surface area contributed by atoms with E-state index in [9.17, 15) is 10.2 Å². The van der Waals surface area contributed by atoms with Gasteiger partial charge >= 0.3 is 0 Å². The van der Waals surface area contributed by atoms with Crippen molar-refractivity contribution >= 4 is 0 Å². The van der Waals surface area contributed by atoms with Gasteiger partial charge in [-0.05, 0) is 0 Å². The summed E-state index contributed by atoms with van der Waals surface area (Å²) in [5.41, 5.74) is 0. The molecule has 1 heterocycles. The number of aliphatic hydroxyl groups is 3. The average molecular weight is 208 g/mol. The molecule has 0 saturated carbocycles. The molecule has 0 aliphatic carbocycles. The van der Waals surface area contributed by atoms with Crippen molar-refractivity contribution in [2.24, 2.45) is 0 Å². The van der Waals surface area contributed by atoms with Gasteiger partial charge in [-0.15, -0.1) is 0 Å². The van der Waals surface area contributed by atoms with Gasteiger partial charge in [0.1, 0.15) is 24.4 Å². The number of aliphatic hydroxyl groups excluding tert-OH is 3. The summed E-state index contributed by atoms with van der Waals surface area (Å²) in [5.74, 6) is 0. The summed E-state index contributed by atoms with van der Waals surface area (Å²) >= 11 is 0. The van der Waals surface area contributed by atoms with Crippen LogP contribution in [-0.2, 0) is 14.2 Å². The Morgan fingerprint density at radius 1 is 1.14 bits per heavy atom. The predicted octanol–water partition coefficient (Wildman–Crippen LogP) is -1.91. The van der Waals surface area contributed by atoms with E-state index < -0.39 is 30.7 Å². The average Bonchev–Trinajstić information content (AvgIpc) is 2.21. The van der Waals surface area contributed by atoms with Gasteiger partial charge in [0.15, 0.2) is 6.29 Å². The van der Waals surface area contributed by atoms with E-state index in [1.165, 1.54) is 14.2 Å². The van der Waals surface area contributed by atoms with Crippen LogP contribution < -0.4 is 0 Å². The minimum Gasteiger partial charge on any atom is -0.394 e. The Balaban J connectivity index is 2.71. The van der Waals surface area contributed by atoms with Crippen LogP contribution in [0.2, 0.25) is 0 Å². The Labute approximate surface area is 82.0 Å². The maximum Gasteiger partial charge on any atom is 0.186 e. The van der Waals surface area contributed by atoms with Gasteiger partial charge in [-0.3, -0.25) is 0 Å². The van der Waals surface area contributed by atoms with Crippen molar-refractivity contribution in [1.29, 1.82) is 0 Å². The van der Waals surface area contributed by atoms with Gasteiger partial charge < -0.3 is 29.5 Å². The highest BCUT2D eigenvalue weighted by Crippen LogP contribution is 2.23. The molecule has 1 rings (SSSR count). The lowest BCUT2D eigenvalue weighted by Gasteiger charge is -2.40. The van der Waals surface area contributed by atoms with E-state index in [2.05, 4.69) is 0 Å². The molecule has 6 nitrogen and oxygen atoms in total. The van der Waals surface area contributed by atoms with Crippen molar-refractivity contribution in [2.75, 3.05) is 20.8 Å². The molecule has 0 amide bonds. The standard InChI is InChI=1S/C8H16O6/c1-12-7-6(11)5(10)4(3-9)14-8(7)13-2/h4-11H,3H2,1-2H3/t4-,5-,6-,7+,8?/m1/s1. The maximum atomic E-state index is 9.59. The van der Waals surface area contributed by atoms with E-state index in [0.29, 0.717) is 0 Å². The van der Waals surface area contributed by atoms with Crippen molar-refractivity contribution in [3.05, 3.63) is 0 Å². The maximum absolute atomic E-state index is 9.59. The molecule has 0 bridgehead atoms. The van der Waals surface area contributed by atoms with Crippen LogP contribution in [0.1, 0.15) is 0 Å². The quantitative estimate of drug-likeness (QED) is 0.501. The zero-order valence-electron chi connectivity index (χ0n) is 8.16. The molecule has 0 spiro atoms. The monoisotopic (exact) mass is 208 g/mol. The number of methoxy groups -OCH3 is 2. The van der Waals surface area contributed by atoms with Gasteiger partial charge in [-0.1, -0.05) is 0 Å². The van der Waals surface area contributed by atoms with E-state index in [4.69, 9.17) is 19.3 Å². The molecule has 1 saturated heterocycles. The summed E-state index contributed by atoms with van der Waals surface area (Å²) in [6.45, 7) is -0.380. The SMILES string of the molecule is COC1O[C@H](CO)[C@@H](O)[C@@H](O)[C@@H]1OC. The van der Waals surface area contributed by atoms with E-state index >= 15 is 0 Å². The third-order valence-corrected chi connectivity index (χ3v) is 2.33. The summed E-state index contributed by atoms with van der Waals surface area (Å²) in [6.07, 6.45) is -4.68. The first-order valence-corrected chi connectivity index (χ1v) is 4.33. The third-order valence-electron chi connectivity index (χ3n) is 2.33. The lowest BCUT2D eigenvalue weighted by molar-refractivity contribution is -0.299. The lowest BCUT2D eigenvalue weighted by atomic mass is 9.99. The van der Waals surface area contributed by atoms with E-state index in [1.54, 1.807) is 0 Å². The Bertz CT molecular complexity index is 173. The normalized spacial score (nSPS) is 43.9. The first-order valence-electron chi connectivity index (χ1n) is 4.33. The largest absolute Gasteiger partial charge is 0.394 e. The second-order valence-corrected chi connectivity index (χ2v) is 3.14. The molecule has 1 unspecified atom stereocenters.